The third kappa shape index (κ3) is 2.10. The summed E-state index contributed by atoms with van der Waals surface area (Å²) in [5.74, 6) is -1.13. The minimum absolute atomic E-state index is 0.0362. The largest absolute Gasteiger partial charge is 0.481 e. The molecule has 0 aliphatic carbocycles. The van der Waals surface area contributed by atoms with Crippen LogP contribution in [0.4, 0.5) is 11.4 Å². The van der Waals surface area contributed by atoms with Crippen LogP contribution in [0.25, 0.3) is 0 Å². The fourth-order valence-electron chi connectivity index (χ4n) is 1.56. The van der Waals surface area contributed by atoms with Crippen LogP contribution in [0.15, 0.2) is 18.5 Å². The number of hydrogen-bond donors (Lipinski definition) is 3. The highest BCUT2D eigenvalue weighted by Gasteiger charge is 2.25. The molecule has 0 spiro atoms. The molecule has 6 nitrogen and oxygen atoms in total. The number of amides is 1. The summed E-state index contributed by atoms with van der Waals surface area (Å²) in [6.07, 6.45) is 3.39. The zero-order valence-corrected chi connectivity index (χ0v) is 8.43. The van der Waals surface area contributed by atoms with E-state index in [1.165, 1.54) is 0 Å². The quantitative estimate of drug-likeness (QED) is 0.698. The molecule has 0 saturated heterocycles. The first-order valence-electron chi connectivity index (χ1n) is 4.90. The second-order valence-electron chi connectivity index (χ2n) is 3.54. The molecule has 1 aliphatic heterocycles. The molecule has 1 aromatic heterocycles. The molecule has 0 saturated carbocycles. The number of hydrogen-bond acceptors (Lipinski definition) is 4. The minimum atomic E-state index is -0.907. The first-order chi connectivity index (χ1) is 7.66. The number of nitrogens with one attached hydrogen (secondary N) is 2. The summed E-state index contributed by atoms with van der Waals surface area (Å²) in [5.41, 5.74) is 1.39. The van der Waals surface area contributed by atoms with Crippen molar-refractivity contribution >= 4 is 23.3 Å². The zero-order chi connectivity index (χ0) is 11.5. The second-order valence-corrected chi connectivity index (χ2v) is 3.54. The number of aliphatic carboxylic acids is 1. The predicted octanol–water partition coefficient (Wildman–Crippen LogP) is 0.679. The average molecular weight is 221 g/mol. The smallest absolute Gasteiger partial charge is 0.303 e. The first-order valence-corrected chi connectivity index (χ1v) is 4.90. The van der Waals surface area contributed by atoms with E-state index >= 15 is 0 Å². The van der Waals surface area contributed by atoms with E-state index in [1.807, 2.05) is 0 Å². The molecule has 0 bridgehead atoms. The molecule has 1 atom stereocenters. The third-order valence-corrected chi connectivity index (χ3v) is 2.37. The van der Waals surface area contributed by atoms with Crippen LogP contribution in [-0.2, 0) is 9.59 Å². The Kier molecular flexibility index (Phi) is 2.72. The SMILES string of the molecule is O=C(O)CCC1Nc2ccncc2NC1=O. The van der Waals surface area contributed by atoms with Gasteiger partial charge in [-0.15, -0.1) is 0 Å². The number of anilines is 2. The fraction of sp³-hybridized carbons (Fsp3) is 0.300. The number of aromatic nitrogens is 1. The number of nitrogens with zero attached hydrogens (tertiary/aromatic N) is 1. The van der Waals surface area contributed by atoms with Gasteiger partial charge in [0.25, 0.3) is 0 Å². The fourth-order valence-corrected chi connectivity index (χ4v) is 1.56. The number of carboxylic acid groups (broad SMARTS) is 1. The molecule has 1 amide bonds. The van der Waals surface area contributed by atoms with Crippen molar-refractivity contribution in [2.45, 2.75) is 18.9 Å². The first kappa shape index (κ1) is 10.4. The molecule has 84 valence electrons. The summed E-state index contributed by atoms with van der Waals surface area (Å²) in [4.78, 5) is 25.9. The lowest BCUT2D eigenvalue weighted by atomic mass is 10.1. The zero-order valence-electron chi connectivity index (χ0n) is 8.43. The molecule has 0 aromatic carbocycles. The van der Waals surface area contributed by atoms with Crippen molar-refractivity contribution in [3.63, 3.8) is 0 Å². The highest BCUT2D eigenvalue weighted by Crippen LogP contribution is 2.25. The van der Waals surface area contributed by atoms with Gasteiger partial charge in [0.15, 0.2) is 0 Å². The Labute approximate surface area is 91.7 Å². The van der Waals surface area contributed by atoms with Gasteiger partial charge < -0.3 is 15.7 Å². The van der Waals surface area contributed by atoms with Crippen LogP contribution in [-0.4, -0.2) is 28.0 Å². The minimum Gasteiger partial charge on any atom is -0.481 e. The van der Waals surface area contributed by atoms with E-state index in [9.17, 15) is 9.59 Å². The number of carbonyl (C=O) groups excluding carboxylic acids is 1. The van der Waals surface area contributed by atoms with Gasteiger partial charge in [0, 0.05) is 12.6 Å². The standard InChI is InChI=1S/C10H11N3O3/c14-9(15)2-1-7-10(16)13-8-5-11-4-3-6(8)12-7/h3-5,7,12H,1-2H2,(H,13,16)(H,14,15). The number of fused-ring (bicyclic) bond motifs is 1. The summed E-state index contributed by atoms with van der Waals surface area (Å²) >= 11 is 0. The van der Waals surface area contributed by atoms with E-state index in [0.717, 1.165) is 5.69 Å². The van der Waals surface area contributed by atoms with Crippen molar-refractivity contribution in [2.24, 2.45) is 0 Å². The Morgan fingerprint density at radius 3 is 3.06 bits per heavy atom. The van der Waals surface area contributed by atoms with Crippen LogP contribution in [0.5, 0.6) is 0 Å². The molecule has 0 radical (unpaired) electrons. The summed E-state index contributed by atoms with van der Waals surface area (Å²) in [7, 11) is 0. The van der Waals surface area contributed by atoms with Crippen molar-refractivity contribution < 1.29 is 14.7 Å². The monoisotopic (exact) mass is 221 g/mol. The van der Waals surface area contributed by atoms with E-state index in [0.29, 0.717) is 5.69 Å². The Balaban J connectivity index is 2.09. The van der Waals surface area contributed by atoms with E-state index < -0.39 is 12.0 Å². The van der Waals surface area contributed by atoms with E-state index in [-0.39, 0.29) is 18.7 Å². The van der Waals surface area contributed by atoms with Crippen LogP contribution in [0, 0.1) is 0 Å². The summed E-state index contributed by atoms with van der Waals surface area (Å²) in [5, 5.41) is 14.2. The Morgan fingerprint density at radius 1 is 1.50 bits per heavy atom. The molecular formula is C10H11N3O3. The van der Waals surface area contributed by atoms with Gasteiger partial charge in [-0.1, -0.05) is 0 Å². The van der Waals surface area contributed by atoms with Crippen LogP contribution in [0.1, 0.15) is 12.8 Å². The van der Waals surface area contributed by atoms with Crippen molar-refractivity contribution in [2.75, 3.05) is 10.6 Å². The van der Waals surface area contributed by atoms with E-state index in [1.54, 1.807) is 18.5 Å². The van der Waals surface area contributed by atoms with Crippen molar-refractivity contribution in [3.8, 4) is 0 Å². The molecule has 16 heavy (non-hydrogen) atoms. The average Bonchev–Trinajstić information content (AvgIpc) is 2.26. The van der Waals surface area contributed by atoms with Crippen molar-refractivity contribution in [3.05, 3.63) is 18.5 Å². The number of carboxylic acids is 1. The highest BCUT2D eigenvalue weighted by atomic mass is 16.4. The normalized spacial score (nSPS) is 18.2. The molecule has 6 heteroatoms. The summed E-state index contributed by atoms with van der Waals surface area (Å²) in [6, 6.07) is 1.24. The van der Waals surface area contributed by atoms with Crippen LogP contribution in [0.2, 0.25) is 0 Å². The van der Waals surface area contributed by atoms with Crippen LogP contribution < -0.4 is 10.6 Å². The van der Waals surface area contributed by atoms with Crippen molar-refractivity contribution in [1.82, 2.24) is 4.98 Å². The highest BCUT2D eigenvalue weighted by molar-refractivity contribution is 6.02. The molecule has 2 rings (SSSR count). The molecular weight excluding hydrogens is 210 g/mol. The maximum Gasteiger partial charge on any atom is 0.303 e. The number of rotatable bonds is 3. The molecule has 1 unspecified atom stereocenters. The van der Waals surface area contributed by atoms with Gasteiger partial charge in [0.2, 0.25) is 5.91 Å². The Morgan fingerprint density at radius 2 is 2.31 bits per heavy atom. The van der Waals surface area contributed by atoms with E-state index in [2.05, 4.69) is 15.6 Å². The molecule has 1 aromatic rings. The summed E-state index contributed by atoms with van der Waals surface area (Å²) < 4.78 is 0. The van der Waals surface area contributed by atoms with Gasteiger partial charge in [-0.25, -0.2) is 0 Å². The van der Waals surface area contributed by atoms with Gasteiger partial charge >= 0.3 is 5.97 Å². The maximum atomic E-state index is 11.6. The van der Waals surface area contributed by atoms with Gasteiger partial charge in [-0.05, 0) is 12.5 Å². The molecule has 0 fully saturated rings. The molecule has 2 heterocycles. The lowest BCUT2D eigenvalue weighted by molar-refractivity contribution is -0.137. The van der Waals surface area contributed by atoms with Crippen LogP contribution >= 0.6 is 0 Å². The van der Waals surface area contributed by atoms with Crippen LogP contribution in [0.3, 0.4) is 0 Å². The van der Waals surface area contributed by atoms with Gasteiger partial charge in [0.05, 0.1) is 17.6 Å². The second kappa shape index (κ2) is 4.18. The lowest BCUT2D eigenvalue weighted by Crippen LogP contribution is -2.39. The van der Waals surface area contributed by atoms with Gasteiger partial charge in [-0.3, -0.25) is 14.6 Å². The molecule has 1 aliphatic rings. The predicted molar refractivity (Wildman–Crippen MR) is 57.1 cm³/mol. The Bertz CT molecular complexity index is 433. The third-order valence-electron chi connectivity index (χ3n) is 2.37. The van der Waals surface area contributed by atoms with Gasteiger partial charge in [-0.2, -0.15) is 0 Å². The lowest BCUT2D eigenvalue weighted by Gasteiger charge is -2.25. The molecule has 3 N–H and O–H groups in total. The number of pyridine rings is 1. The maximum absolute atomic E-state index is 11.6. The Hall–Kier alpha value is -2.11. The van der Waals surface area contributed by atoms with E-state index in [4.69, 9.17) is 5.11 Å². The summed E-state index contributed by atoms with van der Waals surface area (Å²) in [6.45, 7) is 0. The van der Waals surface area contributed by atoms with Crippen molar-refractivity contribution in [1.29, 1.82) is 0 Å². The van der Waals surface area contributed by atoms with Gasteiger partial charge in [0.1, 0.15) is 6.04 Å². The number of carbonyl (C=O) groups is 2. The topological polar surface area (TPSA) is 91.3 Å².